The number of ether oxygens (including phenoxy) is 1. The van der Waals surface area contributed by atoms with E-state index in [2.05, 4.69) is 6.58 Å². The van der Waals surface area contributed by atoms with Gasteiger partial charge in [0, 0.05) is 20.2 Å². The lowest BCUT2D eigenvalue weighted by molar-refractivity contribution is 0.0720. The molecular weight excluding hydrogens is 245 g/mol. The molecule has 1 aromatic carbocycles. The van der Waals surface area contributed by atoms with Gasteiger partial charge in [0.05, 0.1) is 11.7 Å². The van der Waals surface area contributed by atoms with Gasteiger partial charge in [-0.1, -0.05) is 12.7 Å². The molecule has 0 N–H and O–H groups in total. The number of amides is 1. The van der Waals surface area contributed by atoms with Gasteiger partial charge < -0.3 is 9.64 Å². The molecule has 0 aromatic heterocycles. The van der Waals surface area contributed by atoms with E-state index < -0.39 is 5.82 Å². The summed E-state index contributed by atoms with van der Waals surface area (Å²) >= 11 is 0. The Morgan fingerprint density at radius 3 is 2.89 bits per heavy atom. The number of likely N-dealkylation sites (tertiary alicyclic amines) is 1. The average molecular weight is 263 g/mol. The zero-order chi connectivity index (χ0) is 14.0. The van der Waals surface area contributed by atoms with Crippen LogP contribution in [0.1, 0.15) is 27.9 Å². The van der Waals surface area contributed by atoms with Crippen molar-refractivity contribution < 1.29 is 13.9 Å². The van der Waals surface area contributed by atoms with Gasteiger partial charge in [-0.2, -0.15) is 0 Å². The molecule has 0 radical (unpaired) electrons. The predicted molar refractivity (Wildman–Crippen MR) is 72.5 cm³/mol. The summed E-state index contributed by atoms with van der Waals surface area (Å²) in [7, 11) is 1.63. The van der Waals surface area contributed by atoms with Crippen LogP contribution in [0.4, 0.5) is 4.39 Å². The summed E-state index contributed by atoms with van der Waals surface area (Å²) in [6, 6.07) is 2.95. The number of carbonyl (C=O) groups is 1. The molecule has 1 saturated heterocycles. The molecule has 1 fully saturated rings. The van der Waals surface area contributed by atoms with E-state index in [4.69, 9.17) is 4.74 Å². The van der Waals surface area contributed by atoms with Crippen molar-refractivity contribution in [2.24, 2.45) is 0 Å². The van der Waals surface area contributed by atoms with Gasteiger partial charge in [0.25, 0.3) is 5.91 Å². The van der Waals surface area contributed by atoms with Crippen LogP contribution in [0.15, 0.2) is 18.7 Å². The van der Waals surface area contributed by atoms with Crippen LogP contribution in [-0.4, -0.2) is 37.1 Å². The maximum Gasteiger partial charge on any atom is 0.256 e. The standard InChI is InChI=1S/C15H18FNO2/c1-4-11-8-13(14(16)7-10(11)2)15(18)17-6-5-12(9-17)19-3/h4,7-8,12H,1,5-6,9H2,2-3H3/t12-/m0/s1. The van der Waals surface area contributed by atoms with Crippen LogP contribution < -0.4 is 0 Å². The molecule has 3 nitrogen and oxygen atoms in total. The Morgan fingerprint density at radius 1 is 1.58 bits per heavy atom. The van der Waals surface area contributed by atoms with E-state index in [0.717, 1.165) is 17.5 Å². The molecule has 4 heteroatoms. The van der Waals surface area contributed by atoms with Crippen LogP contribution in [0.5, 0.6) is 0 Å². The first kappa shape index (κ1) is 13.7. The first-order chi connectivity index (χ1) is 9.06. The van der Waals surface area contributed by atoms with Gasteiger partial charge in [0.15, 0.2) is 0 Å². The van der Waals surface area contributed by atoms with E-state index >= 15 is 0 Å². The van der Waals surface area contributed by atoms with E-state index in [0.29, 0.717) is 13.1 Å². The number of nitrogens with zero attached hydrogens (tertiary/aromatic N) is 1. The third-order valence-electron chi connectivity index (χ3n) is 3.57. The number of hydrogen-bond donors (Lipinski definition) is 0. The molecular formula is C15H18FNO2. The molecule has 1 aliphatic rings. The molecule has 1 aromatic rings. The number of hydrogen-bond acceptors (Lipinski definition) is 2. The first-order valence-electron chi connectivity index (χ1n) is 6.31. The van der Waals surface area contributed by atoms with Gasteiger partial charge in [-0.05, 0) is 36.6 Å². The minimum absolute atomic E-state index is 0.0522. The minimum Gasteiger partial charge on any atom is -0.380 e. The summed E-state index contributed by atoms with van der Waals surface area (Å²) in [5, 5.41) is 0. The zero-order valence-corrected chi connectivity index (χ0v) is 11.3. The van der Waals surface area contributed by atoms with Gasteiger partial charge in [-0.15, -0.1) is 0 Å². The third kappa shape index (κ3) is 2.68. The Labute approximate surface area is 112 Å². The average Bonchev–Trinajstić information content (AvgIpc) is 2.87. The quantitative estimate of drug-likeness (QED) is 0.839. The lowest BCUT2D eigenvalue weighted by Gasteiger charge is -2.17. The highest BCUT2D eigenvalue weighted by Crippen LogP contribution is 2.21. The van der Waals surface area contributed by atoms with Crippen molar-refractivity contribution in [3.63, 3.8) is 0 Å². The van der Waals surface area contributed by atoms with E-state index in [1.807, 2.05) is 0 Å². The van der Waals surface area contributed by atoms with E-state index in [1.54, 1.807) is 31.1 Å². The second-order valence-corrected chi connectivity index (χ2v) is 4.79. The molecule has 0 aliphatic carbocycles. The van der Waals surface area contributed by atoms with Crippen molar-refractivity contribution in [2.45, 2.75) is 19.4 Å². The second kappa shape index (κ2) is 5.53. The SMILES string of the molecule is C=Cc1cc(C(=O)N2CC[C@H](OC)C2)c(F)cc1C. The molecule has 1 aliphatic heterocycles. The summed E-state index contributed by atoms with van der Waals surface area (Å²) in [6.45, 7) is 6.60. The second-order valence-electron chi connectivity index (χ2n) is 4.79. The van der Waals surface area contributed by atoms with Crippen molar-refractivity contribution in [3.8, 4) is 0 Å². The minimum atomic E-state index is -0.478. The highest BCUT2D eigenvalue weighted by Gasteiger charge is 2.28. The number of carbonyl (C=O) groups excluding carboxylic acids is 1. The van der Waals surface area contributed by atoms with E-state index in [9.17, 15) is 9.18 Å². The van der Waals surface area contributed by atoms with Gasteiger partial charge in [0.1, 0.15) is 5.82 Å². The molecule has 1 atom stereocenters. The highest BCUT2D eigenvalue weighted by atomic mass is 19.1. The number of rotatable bonds is 3. The third-order valence-corrected chi connectivity index (χ3v) is 3.57. The van der Waals surface area contributed by atoms with Crippen molar-refractivity contribution in [3.05, 3.63) is 41.2 Å². The van der Waals surface area contributed by atoms with Crippen LogP contribution in [0.25, 0.3) is 6.08 Å². The van der Waals surface area contributed by atoms with Gasteiger partial charge in [0.2, 0.25) is 0 Å². The Hall–Kier alpha value is -1.68. The summed E-state index contributed by atoms with van der Waals surface area (Å²) in [5.74, 6) is -0.755. The van der Waals surface area contributed by atoms with Crippen LogP contribution in [0, 0.1) is 12.7 Å². The number of benzene rings is 1. The fourth-order valence-electron chi connectivity index (χ4n) is 2.35. The fourth-order valence-corrected chi connectivity index (χ4v) is 2.35. The van der Waals surface area contributed by atoms with Gasteiger partial charge >= 0.3 is 0 Å². The Balaban J connectivity index is 2.26. The topological polar surface area (TPSA) is 29.5 Å². The lowest BCUT2D eigenvalue weighted by atomic mass is 10.0. The molecule has 0 bridgehead atoms. The smallest absolute Gasteiger partial charge is 0.256 e. The normalized spacial score (nSPS) is 18.7. The van der Waals surface area contributed by atoms with Gasteiger partial charge in [-0.25, -0.2) is 4.39 Å². The Bertz CT molecular complexity index is 513. The molecule has 2 rings (SSSR count). The molecule has 0 unspecified atom stereocenters. The van der Waals surface area contributed by atoms with Crippen LogP contribution in [0.2, 0.25) is 0 Å². The van der Waals surface area contributed by atoms with Crippen molar-refractivity contribution in [2.75, 3.05) is 20.2 Å². The molecule has 1 heterocycles. The van der Waals surface area contributed by atoms with Crippen molar-refractivity contribution in [1.82, 2.24) is 4.90 Å². The predicted octanol–water partition coefficient (Wildman–Crippen LogP) is 2.64. The maximum absolute atomic E-state index is 13.9. The molecule has 19 heavy (non-hydrogen) atoms. The molecule has 0 spiro atoms. The highest BCUT2D eigenvalue weighted by molar-refractivity contribution is 5.95. The number of methoxy groups -OCH3 is 1. The zero-order valence-electron chi connectivity index (χ0n) is 11.3. The first-order valence-corrected chi connectivity index (χ1v) is 6.31. The van der Waals surface area contributed by atoms with Crippen molar-refractivity contribution >= 4 is 12.0 Å². The fraction of sp³-hybridized carbons (Fsp3) is 0.400. The van der Waals surface area contributed by atoms with Gasteiger partial charge in [-0.3, -0.25) is 4.79 Å². The summed E-state index contributed by atoms with van der Waals surface area (Å²) < 4.78 is 19.2. The number of aryl methyl sites for hydroxylation is 1. The summed E-state index contributed by atoms with van der Waals surface area (Å²) in [4.78, 5) is 13.9. The summed E-state index contributed by atoms with van der Waals surface area (Å²) in [6.07, 6.45) is 2.48. The Morgan fingerprint density at radius 2 is 2.32 bits per heavy atom. The molecule has 1 amide bonds. The Kier molecular flexibility index (Phi) is 4.00. The van der Waals surface area contributed by atoms with E-state index in [-0.39, 0.29) is 17.6 Å². The largest absolute Gasteiger partial charge is 0.380 e. The van der Waals surface area contributed by atoms with E-state index in [1.165, 1.54) is 6.07 Å². The monoisotopic (exact) mass is 263 g/mol. The lowest BCUT2D eigenvalue weighted by Crippen LogP contribution is -2.30. The summed E-state index contributed by atoms with van der Waals surface area (Å²) in [5.41, 5.74) is 1.67. The van der Waals surface area contributed by atoms with Crippen LogP contribution in [0.3, 0.4) is 0 Å². The number of halogens is 1. The van der Waals surface area contributed by atoms with Crippen molar-refractivity contribution in [1.29, 1.82) is 0 Å². The van der Waals surface area contributed by atoms with Crippen LogP contribution in [-0.2, 0) is 4.74 Å². The van der Waals surface area contributed by atoms with Crippen LogP contribution >= 0.6 is 0 Å². The molecule has 102 valence electrons. The maximum atomic E-state index is 13.9. The molecule has 0 saturated carbocycles.